The van der Waals surface area contributed by atoms with Crippen molar-refractivity contribution in [3.63, 3.8) is 0 Å². The Balaban J connectivity index is 1.56. The zero-order valence-corrected chi connectivity index (χ0v) is 49.1. The van der Waals surface area contributed by atoms with Crippen LogP contribution in [0.3, 0.4) is 0 Å². The van der Waals surface area contributed by atoms with Crippen LogP contribution >= 0.6 is 0 Å². The normalized spacial score (nSPS) is 12.2. The average molecular weight is 1200 g/mol. The van der Waals surface area contributed by atoms with E-state index in [1.165, 1.54) is 95.2 Å². The van der Waals surface area contributed by atoms with Crippen molar-refractivity contribution >= 4 is 76.0 Å². The number of benzene rings is 4. The van der Waals surface area contributed by atoms with Crippen molar-refractivity contribution in [2.24, 2.45) is 28.7 Å². The van der Waals surface area contributed by atoms with Crippen molar-refractivity contribution in [2.75, 3.05) is 82.4 Å². The first-order valence-electron chi connectivity index (χ1n) is 28.3. The second kappa shape index (κ2) is 36.7. The number of amides is 8. The molecule has 0 heterocycles. The minimum Gasteiger partial charge on any atom is -0.496 e. The lowest BCUT2D eigenvalue weighted by Gasteiger charge is -2.22. The standard InChI is InChI=1S/C59H83N13O14/c1-83-47-22-19-36(30-39(47)52(75)65-34-51(73)74)67-58(81)45(16-8-12-28-62)71-54(77)42-33-38(21-25-50(42)86-4)69-59(82)46(17-9-13-29-63)72-55(78)41-32-37(20-24-49(41)85-3)68-57(80)44(15-6-5-10-26-60)70-53(76)40-31-35(18-23-48(40)84-2)66-56(79)43(64)14-7-11-27-61/h18-25,30-33,43-46H,5-17,26-29,34,60-64H2,1-4H3,(H,65,75)(H,66,79)(H,67,81)(H,68,80)(H,69,82)(H,70,76)(H,71,77)(H,72,78)(H,73,74)/t43-,44-,45-,46-/m0/s1. The van der Waals surface area contributed by atoms with Crippen molar-refractivity contribution in [3.05, 3.63) is 95.1 Å². The third-order valence-electron chi connectivity index (χ3n) is 13.5. The fraction of sp³-hybridized carbons (Fsp3) is 0.441. The van der Waals surface area contributed by atoms with Gasteiger partial charge in [0.15, 0.2) is 0 Å². The van der Waals surface area contributed by atoms with Crippen molar-refractivity contribution in [2.45, 2.75) is 108 Å². The molecule has 27 heteroatoms. The summed E-state index contributed by atoms with van der Waals surface area (Å²) in [6.45, 7) is 0.834. The fourth-order valence-corrected chi connectivity index (χ4v) is 8.84. The number of carboxylic acids is 1. The molecule has 0 radical (unpaired) electrons. The van der Waals surface area contributed by atoms with Gasteiger partial charge in [-0.05, 0) is 163 Å². The number of carbonyl (C=O) groups excluding carboxylic acids is 8. The maximum absolute atomic E-state index is 14.3. The van der Waals surface area contributed by atoms with Gasteiger partial charge in [0.1, 0.15) is 47.7 Å². The maximum Gasteiger partial charge on any atom is 0.322 e. The van der Waals surface area contributed by atoms with Crippen LogP contribution in [0.25, 0.3) is 0 Å². The van der Waals surface area contributed by atoms with E-state index in [1.54, 1.807) is 6.07 Å². The summed E-state index contributed by atoms with van der Waals surface area (Å²) in [5.74, 6) is -6.18. The molecule has 0 bridgehead atoms. The maximum atomic E-state index is 14.3. The van der Waals surface area contributed by atoms with Crippen LogP contribution in [0.4, 0.5) is 22.7 Å². The topological polar surface area (TPSA) is 437 Å². The summed E-state index contributed by atoms with van der Waals surface area (Å²) in [6.07, 6.45) is 5.93. The van der Waals surface area contributed by atoms with Gasteiger partial charge < -0.3 is 95.3 Å². The van der Waals surface area contributed by atoms with E-state index in [0.717, 1.165) is 0 Å². The van der Waals surface area contributed by atoms with E-state index < -0.39 is 83.9 Å². The van der Waals surface area contributed by atoms with Gasteiger partial charge in [-0.2, -0.15) is 0 Å². The van der Waals surface area contributed by atoms with Gasteiger partial charge in [0.2, 0.25) is 23.6 Å². The molecule has 0 fully saturated rings. The van der Waals surface area contributed by atoms with Crippen LogP contribution in [0.1, 0.15) is 125 Å². The minimum atomic E-state index is -1.27. The predicted molar refractivity (Wildman–Crippen MR) is 324 cm³/mol. The van der Waals surface area contributed by atoms with Gasteiger partial charge in [-0.1, -0.05) is 19.3 Å². The third-order valence-corrected chi connectivity index (χ3v) is 13.5. The molecule has 27 nitrogen and oxygen atoms in total. The fourth-order valence-electron chi connectivity index (χ4n) is 8.84. The van der Waals surface area contributed by atoms with E-state index in [-0.39, 0.29) is 87.3 Å². The highest BCUT2D eigenvalue weighted by Gasteiger charge is 2.29. The summed E-state index contributed by atoms with van der Waals surface area (Å²) < 4.78 is 21.8. The Kier molecular flexibility index (Phi) is 29.7. The lowest BCUT2D eigenvalue weighted by molar-refractivity contribution is -0.135. The van der Waals surface area contributed by atoms with Gasteiger partial charge in [0.05, 0.1) is 56.7 Å². The van der Waals surface area contributed by atoms with Gasteiger partial charge >= 0.3 is 5.97 Å². The van der Waals surface area contributed by atoms with Crippen LogP contribution in [0.2, 0.25) is 0 Å². The van der Waals surface area contributed by atoms with Crippen LogP contribution in [-0.2, 0) is 24.0 Å². The molecule has 0 saturated heterocycles. The van der Waals surface area contributed by atoms with Gasteiger partial charge in [-0.25, -0.2) is 0 Å². The Labute approximate surface area is 499 Å². The third kappa shape index (κ3) is 21.9. The first-order valence-corrected chi connectivity index (χ1v) is 28.3. The molecular weight excluding hydrogens is 1110 g/mol. The Morgan fingerprint density at radius 1 is 0.395 bits per heavy atom. The molecule has 8 amide bonds. The van der Waals surface area contributed by atoms with E-state index in [4.69, 9.17) is 52.7 Å². The van der Waals surface area contributed by atoms with E-state index in [1.807, 2.05) is 0 Å². The number of carbonyl (C=O) groups is 9. The van der Waals surface area contributed by atoms with Crippen LogP contribution in [0.15, 0.2) is 72.8 Å². The second-order valence-corrected chi connectivity index (χ2v) is 19.9. The molecule has 4 rings (SSSR count). The molecule has 0 saturated carbocycles. The zero-order chi connectivity index (χ0) is 63.1. The quantitative estimate of drug-likeness (QED) is 0.0287. The number of nitrogens with two attached hydrogens (primary N) is 5. The Morgan fingerprint density at radius 3 is 0.977 bits per heavy atom. The number of hydrogen-bond donors (Lipinski definition) is 14. The van der Waals surface area contributed by atoms with Gasteiger partial charge in [-0.3, -0.25) is 43.2 Å². The first kappa shape index (κ1) is 69.6. The summed E-state index contributed by atoms with van der Waals surface area (Å²) in [5, 5.41) is 30.6. The van der Waals surface area contributed by atoms with Crippen molar-refractivity contribution in [3.8, 4) is 23.0 Å². The molecule has 0 spiro atoms. The Morgan fingerprint density at radius 2 is 0.674 bits per heavy atom. The van der Waals surface area contributed by atoms with Gasteiger partial charge in [-0.15, -0.1) is 0 Å². The summed E-state index contributed by atoms with van der Waals surface area (Å²) in [4.78, 5) is 122. The van der Waals surface area contributed by atoms with Crippen LogP contribution in [0, 0.1) is 0 Å². The number of unbranched alkanes of at least 4 members (excludes halogenated alkanes) is 5. The smallest absolute Gasteiger partial charge is 0.322 e. The van der Waals surface area contributed by atoms with E-state index >= 15 is 0 Å². The molecule has 4 aromatic carbocycles. The van der Waals surface area contributed by atoms with Crippen molar-refractivity contribution in [1.29, 1.82) is 0 Å². The van der Waals surface area contributed by atoms with Gasteiger partial charge in [0, 0.05) is 22.7 Å². The van der Waals surface area contributed by atoms with E-state index in [2.05, 4.69) is 42.5 Å². The average Bonchev–Trinajstić information content (AvgIpc) is 2.63. The summed E-state index contributed by atoms with van der Waals surface area (Å²) in [5.41, 5.74) is 29.5. The van der Waals surface area contributed by atoms with Crippen LogP contribution < -0.4 is 90.2 Å². The van der Waals surface area contributed by atoms with Crippen molar-refractivity contribution < 1.29 is 67.2 Å². The number of carboxylic acid groups (broad SMARTS) is 1. The molecule has 468 valence electrons. The predicted octanol–water partition coefficient (Wildman–Crippen LogP) is 2.92. The molecule has 4 atom stereocenters. The highest BCUT2D eigenvalue weighted by Crippen LogP contribution is 2.28. The molecule has 0 aliphatic heterocycles. The van der Waals surface area contributed by atoms with E-state index in [9.17, 15) is 43.2 Å². The second-order valence-electron chi connectivity index (χ2n) is 19.9. The van der Waals surface area contributed by atoms with Crippen LogP contribution in [0.5, 0.6) is 23.0 Å². The van der Waals surface area contributed by atoms with Gasteiger partial charge in [0.25, 0.3) is 23.6 Å². The molecule has 0 aliphatic carbocycles. The SMILES string of the molecule is COc1ccc(NC(=O)[C@H](CCCCN)NC(=O)c2cc(NC(=O)[C@H](CCCCN)NC(=O)c3cc(NC(=O)[C@H](CCCCCN)NC(=O)c4cc(NC(=O)[C@@H](N)CCCCN)ccc4OC)ccc3OC)ccc2OC)cc1C(=O)NCC(=O)O. The number of aliphatic carboxylic acids is 1. The largest absolute Gasteiger partial charge is 0.496 e. The molecule has 0 unspecified atom stereocenters. The molecule has 4 aromatic rings. The molecule has 0 aliphatic rings. The van der Waals surface area contributed by atoms with Crippen LogP contribution in [-0.4, -0.2) is 144 Å². The summed E-state index contributed by atoms with van der Waals surface area (Å²) in [7, 11) is 5.36. The van der Waals surface area contributed by atoms with E-state index in [0.29, 0.717) is 90.4 Å². The number of anilines is 4. The lowest BCUT2D eigenvalue weighted by Crippen LogP contribution is -2.44. The molecule has 19 N–H and O–H groups in total. The first-order chi connectivity index (χ1) is 41.3. The highest BCUT2D eigenvalue weighted by molar-refractivity contribution is 6.08. The monoisotopic (exact) mass is 1200 g/mol. The molecule has 86 heavy (non-hydrogen) atoms. The Bertz CT molecular complexity index is 2960. The lowest BCUT2D eigenvalue weighted by atomic mass is 10.0. The number of methoxy groups -OCH3 is 4. The Hall–Kier alpha value is -8.89. The number of ether oxygens (including phenoxy) is 4. The molecular formula is C59H83N13O14. The van der Waals surface area contributed by atoms with Crippen molar-refractivity contribution in [1.82, 2.24) is 21.3 Å². The summed E-state index contributed by atoms with van der Waals surface area (Å²) >= 11 is 0. The summed E-state index contributed by atoms with van der Waals surface area (Å²) in [6, 6.07) is 13.0. The zero-order valence-electron chi connectivity index (χ0n) is 49.1. The number of rotatable bonds is 38. The minimum absolute atomic E-state index is 0.0315. The number of hydrogen-bond acceptors (Lipinski definition) is 18. The number of nitrogens with one attached hydrogen (secondary N) is 8. The highest BCUT2D eigenvalue weighted by atomic mass is 16.5. The molecule has 0 aromatic heterocycles.